The number of unbranched alkanes of at least 4 members (excludes halogenated alkanes) is 1. The second-order valence-electron chi connectivity index (χ2n) is 7.83. The molecule has 4 N–H and O–H groups in total. The molecule has 0 amide bonds. The SMILES string of the molecule is Cc1cc(C[C@H](O)C=C[C@@H]2[C@@H](CC=CCCCC(=O)O)[C@H](Cl)C[C@H]2O)ccc1O. The Labute approximate surface area is 177 Å². The van der Waals surface area contributed by atoms with Crippen LogP contribution in [0.25, 0.3) is 0 Å². The van der Waals surface area contributed by atoms with Crippen molar-refractivity contribution in [3.63, 3.8) is 0 Å². The number of carbonyl (C=O) groups is 1. The van der Waals surface area contributed by atoms with E-state index in [4.69, 9.17) is 16.7 Å². The summed E-state index contributed by atoms with van der Waals surface area (Å²) in [7, 11) is 0. The molecule has 160 valence electrons. The van der Waals surface area contributed by atoms with E-state index in [1.807, 2.05) is 31.2 Å². The van der Waals surface area contributed by atoms with Crippen molar-refractivity contribution >= 4 is 17.6 Å². The summed E-state index contributed by atoms with van der Waals surface area (Å²) in [4.78, 5) is 10.5. The van der Waals surface area contributed by atoms with E-state index in [-0.39, 0.29) is 29.4 Å². The average molecular weight is 423 g/mol. The topological polar surface area (TPSA) is 98.0 Å². The van der Waals surface area contributed by atoms with Crippen molar-refractivity contribution in [2.75, 3.05) is 0 Å². The molecule has 1 aromatic carbocycles. The van der Waals surface area contributed by atoms with Gasteiger partial charge in [0, 0.05) is 24.1 Å². The number of rotatable bonds is 10. The number of benzene rings is 1. The van der Waals surface area contributed by atoms with E-state index >= 15 is 0 Å². The minimum atomic E-state index is -0.788. The molecule has 1 aliphatic rings. The van der Waals surface area contributed by atoms with Crippen LogP contribution in [0.3, 0.4) is 0 Å². The summed E-state index contributed by atoms with van der Waals surface area (Å²) in [5.41, 5.74) is 1.70. The number of carboxylic acid groups (broad SMARTS) is 1. The molecule has 0 bridgehead atoms. The maximum absolute atomic E-state index is 10.5. The van der Waals surface area contributed by atoms with Crippen LogP contribution in [0, 0.1) is 18.8 Å². The molecule has 29 heavy (non-hydrogen) atoms. The fraction of sp³-hybridized carbons (Fsp3) is 0.522. The zero-order valence-electron chi connectivity index (χ0n) is 16.7. The van der Waals surface area contributed by atoms with Gasteiger partial charge in [-0.1, -0.05) is 36.4 Å². The number of aromatic hydroxyl groups is 1. The van der Waals surface area contributed by atoms with Gasteiger partial charge in [-0.25, -0.2) is 0 Å². The number of hydrogen-bond donors (Lipinski definition) is 4. The number of allylic oxidation sites excluding steroid dienone is 2. The van der Waals surface area contributed by atoms with Gasteiger partial charge in [-0.2, -0.15) is 0 Å². The van der Waals surface area contributed by atoms with Crippen molar-refractivity contribution in [1.29, 1.82) is 0 Å². The molecule has 0 saturated heterocycles. The molecule has 0 heterocycles. The predicted molar refractivity (Wildman–Crippen MR) is 114 cm³/mol. The lowest BCUT2D eigenvalue weighted by molar-refractivity contribution is -0.137. The Balaban J connectivity index is 1.90. The third kappa shape index (κ3) is 7.50. The third-order valence-electron chi connectivity index (χ3n) is 5.47. The first-order valence-corrected chi connectivity index (χ1v) is 10.6. The number of phenolic OH excluding ortho intramolecular Hbond substituents is 1. The van der Waals surface area contributed by atoms with Gasteiger partial charge in [0.1, 0.15) is 5.75 Å². The van der Waals surface area contributed by atoms with Crippen LogP contribution in [-0.4, -0.2) is 44.0 Å². The Morgan fingerprint density at radius 1 is 1.34 bits per heavy atom. The van der Waals surface area contributed by atoms with Gasteiger partial charge in [-0.3, -0.25) is 4.79 Å². The van der Waals surface area contributed by atoms with Gasteiger partial charge in [0.05, 0.1) is 12.2 Å². The molecule has 1 fully saturated rings. The van der Waals surface area contributed by atoms with Gasteiger partial charge in [0.25, 0.3) is 0 Å². The maximum Gasteiger partial charge on any atom is 0.303 e. The van der Waals surface area contributed by atoms with Crippen LogP contribution in [0.15, 0.2) is 42.5 Å². The third-order valence-corrected chi connectivity index (χ3v) is 5.97. The van der Waals surface area contributed by atoms with Gasteiger partial charge in [-0.05, 0) is 55.7 Å². The molecule has 6 heteroatoms. The highest BCUT2D eigenvalue weighted by Crippen LogP contribution is 2.39. The Bertz CT molecular complexity index is 730. The summed E-state index contributed by atoms with van der Waals surface area (Å²) in [6.45, 7) is 1.82. The van der Waals surface area contributed by atoms with Crippen LogP contribution >= 0.6 is 11.6 Å². The lowest BCUT2D eigenvalue weighted by Gasteiger charge is -2.19. The first-order chi connectivity index (χ1) is 13.8. The minimum Gasteiger partial charge on any atom is -0.508 e. The van der Waals surface area contributed by atoms with Gasteiger partial charge in [-0.15, -0.1) is 11.6 Å². The van der Waals surface area contributed by atoms with Crippen LogP contribution in [0.1, 0.15) is 43.2 Å². The van der Waals surface area contributed by atoms with Gasteiger partial charge in [0.15, 0.2) is 0 Å². The largest absolute Gasteiger partial charge is 0.508 e. The average Bonchev–Trinajstić information content (AvgIpc) is 2.92. The fourth-order valence-corrected chi connectivity index (χ4v) is 4.27. The van der Waals surface area contributed by atoms with E-state index in [0.29, 0.717) is 32.1 Å². The van der Waals surface area contributed by atoms with E-state index < -0.39 is 18.2 Å². The lowest BCUT2D eigenvalue weighted by Crippen LogP contribution is -2.19. The van der Waals surface area contributed by atoms with Crippen molar-refractivity contribution in [2.45, 2.75) is 63.0 Å². The van der Waals surface area contributed by atoms with Crippen molar-refractivity contribution < 1.29 is 25.2 Å². The Morgan fingerprint density at radius 2 is 2.10 bits per heavy atom. The van der Waals surface area contributed by atoms with Crippen molar-refractivity contribution in [2.24, 2.45) is 11.8 Å². The number of carboxylic acids is 1. The first kappa shape index (κ1) is 23.5. The van der Waals surface area contributed by atoms with E-state index in [1.54, 1.807) is 18.2 Å². The first-order valence-electron chi connectivity index (χ1n) is 10.1. The molecule has 1 aliphatic carbocycles. The van der Waals surface area contributed by atoms with E-state index in [0.717, 1.165) is 11.1 Å². The Morgan fingerprint density at radius 3 is 2.79 bits per heavy atom. The van der Waals surface area contributed by atoms with Crippen LogP contribution < -0.4 is 0 Å². The summed E-state index contributed by atoms with van der Waals surface area (Å²) in [6, 6.07) is 5.26. The monoisotopic (exact) mass is 422 g/mol. The summed E-state index contributed by atoms with van der Waals surface area (Å²) in [6.07, 6.45) is 9.47. The van der Waals surface area contributed by atoms with Crippen LogP contribution in [-0.2, 0) is 11.2 Å². The van der Waals surface area contributed by atoms with Crippen LogP contribution in [0.5, 0.6) is 5.75 Å². The number of hydrogen-bond acceptors (Lipinski definition) is 4. The maximum atomic E-state index is 10.5. The molecule has 5 atom stereocenters. The fourth-order valence-electron chi connectivity index (χ4n) is 3.82. The summed E-state index contributed by atoms with van der Waals surface area (Å²) in [5.74, 6) is -0.608. The quantitative estimate of drug-likeness (QED) is 0.260. The van der Waals surface area contributed by atoms with Crippen molar-refractivity contribution in [3.8, 4) is 5.75 Å². The highest BCUT2D eigenvalue weighted by atomic mass is 35.5. The van der Waals surface area contributed by atoms with Crippen molar-refractivity contribution in [1.82, 2.24) is 0 Å². The van der Waals surface area contributed by atoms with E-state index in [1.165, 1.54) is 0 Å². The second-order valence-corrected chi connectivity index (χ2v) is 8.39. The molecule has 0 aromatic heterocycles. The number of aliphatic carboxylic acids is 1. The Kier molecular flexibility index (Phi) is 9.21. The number of aryl methyl sites for hydroxylation is 1. The number of phenols is 1. The molecule has 1 saturated carbocycles. The zero-order valence-corrected chi connectivity index (χ0v) is 17.5. The minimum absolute atomic E-state index is 0.0711. The number of aliphatic hydroxyl groups excluding tert-OH is 2. The summed E-state index contributed by atoms with van der Waals surface area (Å²) in [5, 5.41) is 38.8. The molecule has 0 radical (unpaired) electrons. The van der Waals surface area contributed by atoms with Crippen molar-refractivity contribution in [3.05, 3.63) is 53.6 Å². The molecular formula is C23H31ClO5. The number of halogens is 1. The molecule has 1 aromatic rings. The van der Waals surface area contributed by atoms with Crippen LogP contribution in [0.4, 0.5) is 0 Å². The molecule has 2 rings (SSSR count). The number of aliphatic hydroxyl groups is 2. The zero-order chi connectivity index (χ0) is 21.4. The molecule has 5 nitrogen and oxygen atoms in total. The standard InChI is InChI=1S/C23H31ClO5/c1-15-12-16(8-11-21(15)26)13-17(25)9-10-19-18(20(24)14-22(19)27)6-4-2-3-5-7-23(28)29/h2,4,8-12,17-20,22,25-27H,3,5-7,13-14H2,1H3,(H,28,29)/t17-,18-,19-,20-,22-/m1/s1. The summed E-state index contributed by atoms with van der Waals surface area (Å²) >= 11 is 6.44. The molecule has 0 unspecified atom stereocenters. The highest BCUT2D eigenvalue weighted by molar-refractivity contribution is 6.21. The second kappa shape index (κ2) is 11.4. The smallest absolute Gasteiger partial charge is 0.303 e. The Hall–Kier alpha value is -1.82. The summed E-state index contributed by atoms with van der Waals surface area (Å²) < 4.78 is 0. The molecular weight excluding hydrogens is 392 g/mol. The molecule has 0 aliphatic heterocycles. The van der Waals surface area contributed by atoms with Gasteiger partial charge >= 0.3 is 5.97 Å². The normalized spacial score (nSPS) is 25.8. The van der Waals surface area contributed by atoms with Crippen LogP contribution in [0.2, 0.25) is 0 Å². The molecule has 0 spiro atoms. The van der Waals surface area contributed by atoms with E-state index in [9.17, 15) is 20.1 Å². The lowest BCUT2D eigenvalue weighted by atomic mass is 9.90. The van der Waals surface area contributed by atoms with Gasteiger partial charge in [0.2, 0.25) is 0 Å². The predicted octanol–water partition coefficient (Wildman–Crippen LogP) is 3.97. The van der Waals surface area contributed by atoms with Gasteiger partial charge < -0.3 is 20.4 Å². The number of alkyl halides is 1. The highest BCUT2D eigenvalue weighted by Gasteiger charge is 2.39. The van der Waals surface area contributed by atoms with E-state index in [2.05, 4.69) is 0 Å².